The molecule has 14 rings (SSSR count). The molecule has 0 aliphatic heterocycles. The predicted octanol–water partition coefficient (Wildman–Crippen LogP) is 18.9. The minimum atomic E-state index is -0.602. The van der Waals surface area contributed by atoms with Crippen molar-refractivity contribution >= 4 is 17.1 Å². The van der Waals surface area contributed by atoms with Crippen molar-refractivity contribution in [3.8, 4) is 55.6 Å². The van der Waals surface area contributed by atoms with Gasteiger partial charge in [0, 0.05) is 17.1 Å². The monoisotopic (exact) mass is 953 g/mol. The van der Waals surface area contributed by atoms with Gasteiger partial charge in [-0.3, -0.25) is 0 Å². The molecule has 75 heavy (non-hydrogen) atoms. The standard InChI is InChI=1S/C74H51N/c1-6-20-52(21-7-1)55-34-40-60(41-35-55)73(58-26-12-4-13-27-58)69-32-18-16-30-65(69)67-48-46-63(50-71(67)73)75(62-44-38-57(39-45-62)54-24-10-3-11-25-54)64-47-49-68-66-31-17-19-33-70(66)74(72(68)51-64,59-28-14-5-15-29-59)61-42-36-56(37-43-61)53-22-8-2-9-23-53/h1-51H. The van der Waals surface area contributed by atoms with Gasteiger partial charge in [-0.1, -0.05) is 273 Å². The van der Waals surface area contributed by atoms with Crippen LogP contribution in [0.3, 0.4) is 0 Å². The lowest BCUT2D eigenvalue weighted by molar-refractivity contribution is 0.767. The Morgan fingerprint density at radius 2 is 0.453 bits per heavy atom. The maximum absolute atomic E-state index is 2.49. The third-order valence-electron chi connectivity index (χ3n) is 16.1. The molecule has 2 aliphatic carbocycles. The van der Waals surface area contributed by atoms with Crippen molar-refractivity contribution in [2.45, 2.75) is 10.8 Å². The normalized spacial score (nSPS) is 15.8. The molecule has 2 unspecified atom stereocenters. The summed E-state index contributed by atoms with van der Waals surface area (Å²) in [4.78, 5) is 2.49. The van der Waals surface area contributed by atoms with Crippen molar-refractivity contribution in [1.29, 1.82) is 0 Å². The van der Waals surface area contributed by atoms with Crippen LogP contribution in [-0.4, -0.2) is 0 Å². The number of anilines is 3. The zero-order chi connectivity index (χ0) is 49.8. The topological polar surface area (TPSA) is 3.24 Å². The van der Waals surface area contributed by atoms with E-state index in [1.54, 1.807) is 0 Å². The van der Waals surface area contributed by atoms with Crippen molar-refractivity contribution in [3.63, 3.8) is 0 Å². The van der Waals surface area contributed by atoms with Crippen LogP contribution < -0.4 is 4.90 Å². The summed E-state index contributed by atoms with van der Waals surface area (Å²) in [6, 6.07) is 115. The average molecular weight is 954 g/mol. The van der Waals surface area contributed by atoms with E-state index in [4.69, 9.17) is 0 Å². The molecule has 1 nitrogen and oxygen atoms in total. The third-order valence-corrected chi connectivity index (χ3v) is 16.1. The van der Waals surface area contributed by atoms with Crippen LogP contribution >= 0.6 is 0 Å². The average Bonchev–Trinajstić information content (AvgIpc) is 3.97. The number of hydrogen-bond acceptors (Lipinski definition) is 1. The highest BCUT2D eigenvalue weighted by molar-refractivity contribution is 5.93. The number of nitrogens with zero attached hydrogens (tertiary/aromatic N) is 1. The summed E-state index contributed by atoms with van der Waals surface area (Å²) in [7, 11) is 0. The Balaban J connectivity index is 1.00. The summed E-state index contributed by atoms with van der Waals surface area (Å²) in [5.41, 5.74) is 24.3. The molecule has 0 fully saturated rings. The molecular formula is C74H51N. The van der Waals surface area contributed by atoms with Gasteiger partial charge >= 0.3 is 0 Å². The smallest absolute Gasteiger partial charge is 0.0714 e. The van der Waals surface area contributed by atoms with Crippen LogP contribution in [-0.2, 0) is 10.8 Å². The first kappa shape index (κ1) is 44.2. The summed E-state index contributed by atoms with van der Waals surface area (Å²) in [5.74, 6) is 0. The van der Waals surface area contributed by atoms with Gasteiger partial charge in [0.05, 0.1) is 10.8 Å². The first-order valence-electron chi connectivity index (χ1n) is 26.1. The second kappa shape index (κ2) is 18.2. The van der Waals surface area contributed by atoms with Crippen molar-refractivity contribution in [2.75, 3.05) is 4.90 Å². The van der Waals surface area contributed by atoms with E-state index in [1.165, 1.54) is 100 Å². The lowest BCUT2D eigenvalue weighted by Crippen LogP contribution is -2.29. The second-order valence-corrected chi connectivity index (χ2v) is 19.9. The summed E-state index contributed by atoms with van der Waals surface area (Å²) >= 11 is 0. The fraction of sp³-hybridized carbons (Fsp3) is 0.0270. The lowest BCUT2D eigenvalue weighted by atomic mass is 9.67. The Kier molecular flexibility index (Phi) is 10.7. The first-order chi connectivity index (χ1) is 37.2. The van der Waals surface area contributed by atoms with Crippen LogP contribution in [0.1, 0.15) is 44.5 Å². The molecule has 12 aromatic carbocycles. The van der Waals surface area contributed by atoms with Gasteiger partial charge in [-0.2, -0.15) is 0 Å². The predicted molar refractivity (Wildman–Crippen MR) is 312 cm³/mol. The Bertz CT molecular complexity index is 3780. The SMILES string of the molecule is c1ccc(-c2ccc(N(c3ccc4c(c3)C(c3ccccc3)(c3ccc(-c5ccccc5)cc3)c3ccccc3-4)c3ccc4c(c3)C(c3ccccc3)(c3ccc(-c5ccccc5)cc3)c3ccccc3-4)cc2)cc1. The summed E-state index contributed by atoms with van der Waals surface area (Å²) in [5, 5.41) is 0. The van der Waals surface area contributed by atoms with E-state index in [9.17, 15) is 0 Å². The minimum Gasteiger partial charge on any atom is -0.310 e. The highest BCUT2D eigenvalue weighted by Crippen LogP contribution is 2.60. The third kappa shape index (κ3) is 7.08. The van der Waals surface area contributed by atoms with Gasteiger partial charge < -0.3 is 4.90 Å². The number of benzene rings is 12. The highest BCUT2D eigenvalue weighted by atomic mass is 15.1. The zero-order valence-electron chi connectivity index (χ0n) is 41.4. The van der Waals surface area contributed by atoms with Gasteiger partial charge in [-0.15, -0.1) is 0 Å². The number of rotatable bonds is 10. The van der Waals surface area contributed by atoms with Gasteiger partial charge in [0.15, 0.2) is 0 Å². The number of hydrogen-bond donors (Lipinski definition) is 0. The Morgan fingerprint density at radius 1 is 0.187 bits per heavy atom. The van der Waals surface area contributed by atoms with Crippen LogP contribution in [0.2, 0.25) is 0 Å². The van der Waals surface area contributed by atoms with Crippen LogP contribution in [0.25, 0.3) is 55.6 Å². The molecule has 2 atom stereocenters. The van der Waals surface area contributed by atoms with E-state index in [0.29, 0.717) is 0 Å². The van der Waals surface area contributed by atoms with Crippen molar-refractivity contribution in [2.24, 2.45) is 0 Å². The maximum Gasteiger partial charge on any atom is 0.0714 e. The molecule has 1 heteroatoms. The molecule has 0 N–H and O–H groups in total. The van der Waals surface area contributed by atoms with Crippen LogP contribution in [0, 0.1) is 0 Å². The largest absolute Gasteiger partial charge is 0.310 e. The van der Waals surface area contributed by atoms with Gasteiger partial charge in [0.25, 0.3) is 0 Å². The van der Waals surface area contributed by atoms with Gasteiger partial charge in [0.2, 0.25) is 0 Å². The van der Waals surface area contributed by atoms with Crippen LogP contribution in [0.4, 0.5) is 17.1 Å². The van der Waals surface area contributed by atoms with Crippen molar-refractivity contribution < 1.29 is 0 Å². The minimum absolute atomic E-state index is 0.602. The van der Waals surface area contributed by atoms with Crippen LogP contribution in [0.5, 0.6) is 0 Å². The van der Waals surface area contributed by atoms with E-state index in [1.807, 2.05) is 0 Å². The first-order valence-corrected chi connectivity index (χ1v) is 26.1. The van der Waals surface area contributed by atoms with E-state index in [0.717, 1.165) is 17.1 Å². The van der Waals surface area contributed by atoms with Crippen molar-refractivity contribution in [3.05, 3.63) is 354 Å². The van der Waals surface area contributed by atoms with E-state index in [-0.39, 0.29) is 0 Å². The molecule has 0 bridgehead atoms. The van der Waals surface area contributed by atoms with E-state index in [2.05, 4.69) is 314 Å². The second-order valence-electron chi connectivity index (χ2n) is 19.9. The molecule has 352 valence electrons. The molecule has 0 heterocycles. The summed E-state index contributed by atoms with van der Waals surface area (Å²) in [6.07, 6.45) is 0. The Morgan fingerprint density at radius 3 is 0.827 bits per heavy atom. The Labute approximate surface area is 440 Å². The fourth-order valence-corrected chi connectivity index (χ4v) is 12.7. The molecule has 0 saturated heterocycles. The van der Waals surface area contributed by atoms with Gasteiger partial charge in [0.1, 0.15) is 0 Å². The summed E-state index contributed by atoms with van der Waals surface area (Å²) < 4.78 is 0. The molecular weight excluding hydrogens is 903 g/mol. The maximum atomic E-state index is 2.49. The Hall–Kier alpha value is -9.56. The molecule has 12 aromatic rings. The van der Waals surface area contributed by atoms with E-state index >= 15 is 0 Å². The van der Waals surface area contributed by atoms with Crippen molar-refractivity contribution in [1.82, 2.24) is 0 Å². The van der Waals surface area contributed by atoms with Gasteiger partial charge in [-0.25, -0.2) is 0 Å². The lowest BCUT2D eigenvalue weighted by Gasteiger charge is -2.36. The molecule has 0 aromatic heterocycles. The molecule has 0 radical (unpaired) electrons. The van der Waals surface area contributed by atoms with Gasteiger partial charge in [-0.05, 0) is 137 Å². The molecule has 2 aliphatic rings. The fourth-order valence-electron chi connectivity index (χ4n) is 12.7. The molecule has 0 spiro atoms. The zero-order valence-corrected chi connectivity index (χ0v) is 41.4. The number of fused-ring (bicyclic) bond motifs is 6. The van der Waals surface area contributed by atoms with E-state index < -0.39 is 10.8 Å². The molecule has 0 amide bonds. The molecule has 0 saturated carbocycles. The summed E-state index contributed by atoms with van der Waals surface area (Å²) in [6.45, 7) is 0. The highest BCUT2D eigenvalue weighted by Gasteiger charge is 2.48. The quantitative estimate of drug-likeness (QED) is 0.132. The van der Waals surface area contributed by atoms with Crippen LogP contribution in [0.15, 0.2) is 309 Å².